The van der Waals surface area contributed by atoms with Crippen molar-refractivity contribution in [3.8, 4) is 5.75 Å². The number of nitrogens with zero attached hydrogens (tertiary/aromatic N) is 2. The van der Waals surface area contributed by atoms with Crippen molar-refractivity contribution in [3.05, 3.63) is 42.5 Å². The number of hydrogen-bond donors (Lipinski definition) is 0. The Morgan fingerprint density at radius 3 is 2.52 bits per heavy atom. The third-order valence-corrected chi connectivity index (χ3v) is 5.60. The summed E-state index contributed by atoms with van der Waals surface area (Å²) in [4.78, 5) is 16.7. The number of fused-ring (bicyclic) bond motifs is 2. The van der Waals surface area contributed by atoms with E-state index in [1.165, 1.54) is 0 Å². The molecule has 3 aromatic rings. The van der Waals surface area contributed by atoms with Gasteiger partial charge in [0, 0.05) is 38.0 Å². The van der Waals surface area contributed by atoms with Gasteiger partial charge in [-0.25, -0.2) is 4.98 Å². The molecule has 0 fully saturated rings. The lowest BCUT2D eigenvalue weighted by Crippen LogP contribution is -2.36. The lowest BCUT2D eigenvalue weighted by atomic mass is 10.1. The molecule has 3 rings (SSSR count). The number of ether oxygens (including phenoxy) is 2. The van der Waals surface area contributed by atoms with Gasteiger partial charge in [0.2, 0.25) is 11.0 Å². The van der Waals surface area contributed by atoms with Gasteiger partial charge in [-0.1, -0.05) is 38.0 Å². The molecule has 0 aliphatic carbocycles. The Kier molecular flexibility index (Phi) is 9.22. The molecule has 0 aliphatic heterocycles. The fraction of sp³-hybridized carbons (Fsp3) is 0.500. The maximum absolute atomic E-state index is 11.9. The Labute approximate surface area is 185 Å². The number of ketones is 1. The molecular formula is C26H35N2O3+. The van der Waals surface area contributed by atoms with Crippen LogP contribution in [0.2, 0.25) is 0 Å². The Morgan fingerprint density at radius 2 is 1.68 bits per heavy atom. The van der Waals surface area contributed by atoms with E-state index in [1.807, 2.05) is 18.2 Å². The minimum absolute atomic E-state index is 0.329. The lowest BCUT2D eigenvalue weighted by molar-refractivity contribution is -0.646. The molecule has 166 valence electrons. The molecule has 0 amide bonds. The quantitative estimate of drug-likeness (QED) is 0.198. The van der Waals surface area contributed by atoms with Crippen molar-refractivity contribution >= 4 is 27.9 Å². The van der Waals surface area contributed by atoms with Gasteiger partial charge in [0.05, 0.1) is 13.7 Å². The van der Waals surface area contributed by atoms with E-state index in [0.717, 1.165) is 79.5 Å². The molecule has 0 atom stereocenters. The predicted octanol–water partition coefficient (Wildman–Crippen LogP) is 5.41. The number of Topliss-reactive ketones (excluding diaryl/α,β-unsaturated/α-hetero) is 1. The maximum atomic E-state index is 11.9. The number of aromatic nitrogens is 2. The van der Waals surface area contributed by atoms with Gasteiger partial charge in [-0.2, -0.15) is 4.57 Å². The zero-order valence-corrected chi connectivity index (χ0v) is 18.9. The number of hydrogen-bond acceptors (Lipinski definition) is 4. The first-order valence-corrected chi connectivity index (χ1v) is 11.6. The van der Waals surface area contributed by atoms with Crippen LogP contribution in [0.25, 0.3) is 22.1 Å². The first-order valence-electron chi connectivity index (χ1n) is 11.6. The van der Waals surface area contributed by atoms with Crippen molar-refractivity contribution in [2.45, 2.75) is 64.8 Å². The number of carbonyl (C=O) groups is 1. The summed E-state index contributed by atoms with van der Waals surface area (Å²) in [6.45, 7) is 4.35. The minimum atomic E-state index is 0.329. The van der Waals surface area contributed by atoms with E-state index in [1.54, 1.807) is 7.11 Å². The van der Waals surface area contributed by atoms with E-state index >= 15 is 0 Å². The van der Waals surface area contributed by atoms with E-state index in [9.17, 15) is 4.79 Å². The minimum Gasteiger partial charge on any atom is -0.494 e. The molecule has 0 radical (unpaired) electrons. The van der Waals surface area contributed by atoms with E-state index in [-0.39, 0.29) is 0 Å². The van der Waals surface area contributed by atoms with Crippen LogP contribution in [-0.4, -0.2) is 31.1 Å². The van der Waals surface area contributed by atoms with Crippen LogP contribution < -0.4 is 9.30 Å². The van der Waals surface area contributed by atoms with Crippen LogP contribution in [0, 0.1) is 0 Å². The van der Waals surface area contributed by atoms with Crippen LogP contribution in [0.5, 0.6) is 5.75 Å². The highest BCUT2D eigenvalue weighted by Crippen LogP contribution is 2.23. The van der Waals surface area contributed by atoms with Crippen LogP contribution in [0.3, 0.4) is 0 Å². The number of para-hydroxylation sites is 3. The Bertz CT molecular complexity index is 987. The summed E-state index contributed by atoms with van der Waals surface area (Å²) < 4.78 is 13.3. The smallest absolute Gasteiger partial charge is 0.235 e. The fourth-order valence-corrected chi connectivity index (χ4v) is 3.96. The van der Waals surface area contributed by atoms with E-state index in [2.05, 4.69) is 35.8 Å². The van der Waals surface area contributed by atoms with Gasteiger partial charge in [0.1, 0.15) is 17.8 Å². The van der Waals surface area contributed by atoms with Crippen molar-refractivity contribution in [3.63, 3.8) is 0 Å². The van der Waals surface area contributed by atoms with Gasteiger partial charge in [0.25, 0.3) is 0 Å². The van der Waals surface area contributed by atoms with Gasteiger partial charge in [-0.05, 0) is 31.4 Å². The van der Waals surface area contributed by atoms with Crippen LogP contribution >= 0.6 is 0 Å². The normalized spacial score (nSPS) is 11.3. The Hall–Kier alpha value is -2.53. The highest BCUT2D eigenvalue weighted by Gasteiger charge is 2.18. The van der Waals surface area contributed by atoms with Crippen molar-refractivity contribution in [2.75, 3.05) is 20.3 Å². The van der Waals surface area contributed by atoms with Crippen LogP contribution in [-0.2, 0) is 16.1 Å². The summed E-state index contributed by atoms with van der Waals surface area (Å²) in [5.41, 5.74) is 4.15. The van der Waals surface area contributed by atoms with E-state index < -0.39 is 0 Å². The summed E-state index contributed by atoms with van der Waals surface area (Å²) >= 11 is 0. The predicted molar refractivity (Wildman–Crippen MR) is 124 cm³/mol. The average molecular weight is 424 g/mol. The topological polar surface area (TPSA) is 52.3 Å². The van der Waals surface area contributed by atoms with Gasteiger partial charge in [-0.3, -0.25) is 4.79 Å². The molecule has 0 saturated heterocycles. The Morgan fingerprint density at radius 1 is 0.903 bits per heavy atom. The monoisotopic (exact) mass is 423 g/mol. The largest absolute Gasteiger partial charge is 0.494 e. The fourth-order valence-electron chi connectivity index (χ4n) is 3.96. The third-order valence-electron chi connectivity index (χ3n) is 5.60. The SMILES string of the molecule is CCCOCCC(=O)CCCCCCC[n+]1c2ccccc2nc2c(OC)cccc21. The van der Waals surface area contributed by atoms with Crippen molar-refractivity contribution in [1.29, 1.82) is 0 Å². The number of methoxy groups -OCH3 is 1. The van der Waals surface area contributed by atoms with Crippen LogP contribution in [0.15, 0.2) is 42.5 Å². The summed E-state index contributed by atoms with van der Waals surface area (Å²) in [6, 6.07) is 14.4. The van der Waals surface area contributed by atoms with Crippen molar-refractivity contribution < 1.29 is 18.8 Å². The number of unbranched alkanes of at least 4 members (excludes halogenated alkanes) is 4. The second kappa shape index (κ2) is 12.4. The van der Waals surface area contributed by atoms with E-state index in [4.69, 9.17) is 14.5 Å². The van der Waals surface area contributed by atoms with Crippen LogP contribution in [0.4, 0.5) is 0 Å². The summed E-state index contributed by atoms with van der Waals surface area (Å²) in [5, 5.41) is 0. The van der Waals surface area contributed by atoms with E-state index in [0.29, 0.717) is 25.2 Å². The second-order valence-electron chi connectivity index (χ2n) is 8.00. The van der Waals surface area contributed by atoms with Crippen molar-refractivity contribution in [1.82, 2.24) is 4.98 Å². The van der Waals surface area contributed by atoms with Crippen molar-refractivity contribution in [2.24, 2.45) is 0 Å². The Balaban J connectivity index is 1.50. The highest BCUT2D eigenvalue weighted by atomic mass is 16.5. The highest BCUT2D eigenvalue weighted by molar-refractivity contribution is 5.85. The molecule has 0 N–H and O–H groups in total. The molecule has 0 bridgehead atoms. The van der Waals surface area contributed by atoms with Gasteiger partial charge in [-0.15, -0.1) is 0 Å². The number of rotatable bonds is 14. The molecule has 0 aliphatic rings. The third kappa shape index (κ3) is 6.47. The number of aryl methyl sites for hydroxylation is 1. The maximum Gasteiger partial charge on any atom is 0.235 e. The first kappa shape index (κ1) is 23.1. The number of carbonyl (C=O) groups excluding carboxylic acids is 1. The number of benzene rings is 2. The van der Waals surface area contributed by atoms with Gasteiger partial charge in [0.15, 0.2) is 11.3 Å². The second-order valence-corrected chi connectivity index (χ2v) is 8.00. The molecule has 0 saturated carbocycles. The first-order chi connectivity index (χ1) is 15.2. The standard InChI is InChI=1S/C26H35N2O3/c1-3-19-31-20-17-21(29)12-7-5-4-6-10-18-28-23-14-9-8-13-22(23)27-26-24(28)15-11-16-25(26)30-2/h8-9,11,13-16H,3-7,10,12,17-20H2,1-2H3/q+1. The average Bonchev–Trinajstić information content (AvgIpc) is 2.80. The summed E-state index contributed by atoms with van der Waals surface area (Å²) in [6.07, 6.45) is 7.75. The zero-order valence-electron chi connectivity index (χ0n) is 18.9. The molecule has 2 aromatic carbocycles. The molecule has 5 heteroatoms. The van der Waals surface area contributed by atoms with Gasteiger partial charge >= 0.3 is 0 Å². The van der Waals surface area contributed by atoms with Crippen LogP contribution in [0.1, 0.15) is 58.3 Å². The molecule has 31 heavy (non-hydrogen) atoms. The molecule has 5 nitrogen and oxygen atoms in total. The lowest BCUT2D eigenvalue weighted by Gasteiger charge is -2.08. The summed E-state index contributed by atoms with van der Waals surface area (Å²) in [7, 11) is 1.69. The molecular weight excluding hydrogens is 388 g/mol. The molecule has 1 heterocycles. The zero-order chi connectivity index (χ0) is 21.9. The van der Waals surface area contributed by atoms with Gasteiger partial charge < -0.3 is 9.47 Å². The molecule has 0 unspecified atom stereocenters. The molecule has 0 spiro atoms. The molecule has 1 aromatic heterocycles. The summed E-state index contributed by atoms with van der Waals surface area (Å²) in [5.74, 6) is 1.14.